The van der Waals surface area contributed by atoms with Gasteiger partial charge in [-0.15, -0.1) is 11.3 Å². The van der Waals surface area contributed by atoms with E-state index in [1.807, 2.05) is 6.07 Å². The molecular weight excluding hydrogens is 470 g/mol. The van der Waals surface area contributed by atoms with Crippen molar-refractivity contribution in [3.8, 4) is 0 Å². The van der Waals surface area contributed by atoms with Crippen molar-refractivity contribution in [1.82, 2.24) is 0 Å². The molecule has 0 fully saturated rings. The van der Waals surface area contributed by atoms with Crippen molar-refractivity contribution in [2.75, 3.05) is 4.72 Å². The first-order chi connectivity index (χ1) is 8.38. The Morgan fingerprint density at radius 3 is 2.39 bits per heavy atom. The van der Waals surface area contributed by atoms with Gasteiger partial charge in [0.25, 0.3) is 10.0 Å². The van der Waals surface area contributed by atoms with E-state index in [9.17, 15) is 8.42 Å². The van der Waals surface area contributed by atoms with E-state index in [0.717, 1.165) is 24.1 Å². The molecule has 1 aromatic heterocycles. The molecule has 0 unspecified atom stereocenters. The molecule has 0 radical (unpaired) electrons. The van der Waals surface area contributed by atoms with Crippen molar-refractivity contribution >= 4 is 74.8 Å². The summed E-state index contributed by atoms with van der Waals surface area (Å²) in [6.45, 7) is 0. The van der Waals surface area contributed by atoms with Crippen LogP contribution < -0.4 is 4.72 Å². The van der Waals surface area contributed by atoms with Gasteiger partial charge in [0.1, 0.15) is 4.21 Å². The molecule has 0 atom stereocenters. The van der Waals surface area contributed by atoms with Gasteiger partial charge in [-0.25, -0.2) is 8.42 Å². The summed E-state index contributed by atoms with van der Waals surface area (Å²) >= 11 is 11.0. The Labute approximate surface area is 134 Å². The third-order valence-corrected chi connectivity index (χ3v) is 7.57. The zero-order chi connectivity index (χ0) is 13.3. The number of halogens is 3. The Balaban J connectivity index is 2.33. The molecule has 0 saturated heterocycles. The topological polar surface area (TPSA) is 46.2 Å². The molecule has 3 nitrogen and oxygen atoms in total. The van der Waals surface area contributed by atoms with E-state index in [1.165, 1.54) is 0 Å². The maximum Gasteiger partial charge on any atom is 0.271 e. The number of nitrogens with one attached hydrogen (secondary N) is 1. The van der Waals surface area contributed by atoms with Crippen LogP contribution in [0.25, 0.3) is 0 Å². The summed E-state index contributed by atoms with van der Waals surface area (Å²) in [4.78, 5) is 0. The SMILES string of the molecule is O=S(=O)(Nc1cccc(Br)c1)c1cc(Br)c(Br)s1. The number of rotatable bonds is 3. The second kappa shape index (κ2) is 5.62. The minimum Gasteiger partial charge on any atom is -0.279 e. The first kappa shape index (κ1) is 14.5. The van der Waals surface area contributed by atoms with Gasteiger partial charge < -0.3 is 0 Å². The maximum atomic E-state index is 12.1. The van der Waals surface area contributed by atoms with E-state index in [2.05, 4.69) is 52.5 Å². The summed E-state index contributed by atoms with van der Waals surface area (Å²) in [5.41, 5.74) is 0.519. The molecule has 96 valence electrons. The zero-order valence-electron chi connectivity index (χ0n) is 8.65. The van der Waals surface area contributed by atoms with Gasteiger partial charge in [0.2, 0.25) is 0 Å². The van der Waals surface area contributed by atoms with Crippen LogP contribution in [0.2, 0.25) is 0 Å². The van der Waals surface area contributed by atoms with Gasteiger partial charge in [0, 0.05) is 14.6 Å². The predicted molar refractivity (Wildman–Crippen MR) is 84.7 cm³/mol. The standard InChI is InChI=1S/C10H6Br3NO2S2/c11-6-2-1-3-7(4-6)14-18(15,16)9-5-8(12)10(13)17-9/h1-5,14H. The molecule has 0 saturated carbocycles. The molecule has 8 heteroatoms. The molecule has 0 amide bonds. The van der Waals surface area contributed by atoms with Crippen LogP contribution in [-0.4, -0.2) is 8.42 Å². The van der Waals surface area contributed by atoms with Gasteiger partial charge in [-0.1, -0.05) is 22.0 Å². The molecule has 0 aliphatic heterocycles. The Bertz CT molecular complexity index is 663. The normalized spacial score (nSPS) is 11.5. The summed E-state index contributed by atoms with van der Waals surface area (Å²) in [5.74, 6) is 0. The Kier molecular flexibility index (Phi) is 4.53. The number of hydrogen-bond donors (Lipinski definition) is 1. The van der Waals surface area contributed by atoms with Gasteiger partial charge in [-0.2, -0.15) is 0 Å². The molecule has 0 aliphatic carbocycles. The zero-order valence-corrected chi connectivity index (χ0v) is 15.0. The fraction of sp³-hybridized carbons (Fsp3) is 0. The minimum absolute atomic E-state index is 0.251. The van der Waals surface area contributed by atoms with Gasteiger partial charge in [-0.3, -0.25) is 4.72 Å². The van der Waals surface area contributed by atoms with Crippen LogP contribution in [0, 0.1) is 0 Å². The monoisotopic (exact) mass is 473 g/mol. The van der Waals surface area contributed by atoms with Crippen LogP contribution in [0.5, 0.6) is 0 Å². The van der Waals surface area contributed by atoms with E-state index < -0.39 is 10.0 Å². The highest BCUT2D eigenvalue weighted by Crippen LogP contribution is 2.35. The van der Waals surface area contributed by atoms with E-state index in [1.54, 1.807) is 24.3 Å². The lowest BCUT2D eigenvalue weighted by Crippen LogP contribution is -2.11. The second-order valence-corrected chi connectivity index (χ2v) is 9.35. The summed E-state index contributed by atoms with van der Waals surface area (Å²) in [7, 11) is -3.54. The Morgan fingerprint density at radius 1 is 1.11 bits per heavy atom. The number of anilines is 1. The first-order valence-electron chi connectivity index (χ1n) is 4.62. The third kappa shape index (κ3) is 3.36. The minimum atomic E-state index is -3.54. The molecule has 1 heterocycles. The van der Waals surface area contributed by atoms with Crippen molar-refractivity contribution in [3.63, 3.8) is 0 Å². The average Bonchev–Trinajstić information content (AvgIpc) is 2.59. The predicted octanol–water partition coefficient (Wildman–Crippen LogP) is 4.84. The van der Waals surface area contributed by atoms with Crippen molar-refractivity contribution < 1.29 is 8.42 Å². The molecule has 0 spiro atoms. The van der Waals surface area contributed by atoms with E-state index in [4.69, 9.17) is 0 Å². The van der Waals surface area contributed by atoms with Gasteiger partial charge in [-0.05, 0) is 56.1 Å². The van der Waals surface area contributed by atoms with E-state index in [-0.39, 0.29) is 4.21 Å². The molecule has 2 rings (SSSR count). The molecular formula is C10H6Br3NO2S2. The van der Waals surface area contributed by atoms with Crippen LogP contribution >= 0.6 is 59.1 Å². The number of thiophene rings is 1. The summed E-state index contributed by atoms with van der Waals surface area (Å²) in [5, 5.41) is 0. The van der Waals surface area contributed by atoms with Gasteiger partial charge in [0.05, 0.1) is 3.79 Å². The average molecular weight is 476 g/mol. The molecule has 1 aromatic carbocycles. The highest BCUT2D eigenvalue weighted by atomic mass is 79.9. The summed E-state index contributed by atoms with van der Waals surface area (Å²) < 4.78 is 29.3. The van der Waals surface area contributed by atoms with Crippen LogP contribution in [0.1, 0.15) is 0 Å². The summed E-state index contributed by atoms with van der Waals surface area (Å²) in [6, 6.07) is 8.56. The number of hydrogen-bond acceptors (Lipinski definition) is 3. The van der Waals surface area contributed by atoms with Crippen molar-refractivity contribution in [2.45, 2.75) is 4.21 Å². The van der Waals surface area contributed by atoms with E-state index >= 15 is 0 Å². The van der Waals surface area contributed by atoms with Crippen molar-refractivity contribution in [3.05, 3.63) is 43.1 Å². The van der Waals surface area contributed by atoms with E-state index in [0.29, 0.717) is 5.69 Å². The third-order valence-electron chi connectivity index (χ3n) is 1.96. The molecule has 0 aliphatic rings. The lowest BCUT2D eigenvalue weighted by atomic mass is 10.3. The molecule has 1 N–H and O–H groups in total. The molecule has 0 bridgehead atoms. The van der Waals surface area contributed by atoms with Crippen LogP contribution in [-0.2, 0) is 10.0 Å². The molecule has 18 heavy (non-hydrogen) atoms. The second-order valence-electron chi connectivity index (χ2n) is 3.30. The number of sulfonamides is 1. The lowest BCUT2D eigenvalue weighted by Gasteiger charge is -2.06. The highest BCUT2D eigenvalue weighted by molar-refractivity contribution is 9.13. The Hall–Kier alpha value is 0.110. The van der Waals surface area contributed by atoms with Crippen molar-refractivity contribution in [2.24, 2.45) is 0 Å². The lowest BCUT2D eigenvalue weighted by molar-refractivity contribution is 0.603. The quantitative estimate of drug-likeness (QED) is 0.690. The molecule has 2 aromatic rings. The maximum absolute atomic E-state index is 12.1. The fourth-order valence-electron chi connectivity index (χ4n) is 1.22. The van der Waals surface area contributed by atoms with Gasteiger partial charge >= 0.3 is 0 Å². The number of benzene rings is 1. The fourth-order valence-corrected chi connectivity index (χ4v) is 5.48. The first-order valence-corrected chi connectivity index (χ1v) is 9.29. The van der Waals surface area contributed by atoms with Crippen LogP contribution in [0.3, 0.4) is 0 Å². The smallest absolute Gasteiger partial charge is 0.271 e. The highest BCUT2D eigenvalue weighted by Gasteiger charge is 2.18. The van der Waals surface area contributed by atoms with Crippen LogP contribution in [0.4, 0.5) is 5.69 Å². The largest absolute Gasteiger partial charge is 0.279 e. The summed E-state index contributed by atoms with van der Waals surface area (Å²) in [6.07, 6.45) is 0. The van der Waals surface area contributed by atoms with Gasteiger partial charge in [0.15, 0.2) is 0 Å². The van der Waals surface area contributed by atoms with Crippen LogP contribution in [0.15, 0.2) is 47.3 Å². The van der Waals surface area contributed by atoms with Crippen molar-refractivity contribution in [1.29, 1.82) is 0 Å². The Morgan fingerprint density at radius 2 is 1.83 bits per heavy atom.